The number of nitrogens with zero attached hydrogens (tertiary/aromatic N) is 1. The summed E-state index contributed by atoms with van der Waals surface area (Å²) < 4.78 is 0. The number of carbonyl (C=O) groups excluding carboxylic acids is 2. The quantitative estimate of drug-likeness (QED) is 0.666. The Bertz CT molecular complexity index is 649. The Labute approximate surface area is 122 Å². The lowest BCUT2D eigenvalue weighted by Gasteiger charge is -2.04. The van der Waals surface area contributed by atoms with Crippen molar-refractivity contribution in [3.63, 3.8) is 0 Å². The van der Waals surface area contributed by atoms with E-state index in [1.54, 1.807) is 18.2 Å². The van der Waals surface area contributed by atoms with Gasteiger partial charge in [0.2, 0.25) is 0 Å². The minimum absolute atomic E-state index is 0.394. The SMILES string of the molecule is Cc1ccc(C=CC(=O)NNC(=O)c2ccncc2)cc1. The Balaban J connectivity index is 1.85. The van der Waals surface area contributed by atoms with Crippen LogP contribution < -0.4 is 10.9 Å². The van der Waals surface area contributed by atoms with Gasteiger partial charge in [0.05, 0.1) is 0 Å². The lowest BCUT2D eigenvalue weighted by Crippen LogP contribution is -2.40. The van der Waals surface area contributed by atoms with Crippen LogP contribution in [-0.4, -0.2) is 16.8 Å². The Kier molecular flexibility index (Phi) is 4.82. The first-order valence-corrected chi connectivity index (χ1v) is 6.40. The molecule has 0 spiro atoms. The molecule has 2 N–H and O–H groups in total. The minimum atomic E-state index is -0.405. The molecule has 2 amide bonds. The maximum Gasteiger partial charge on any atom is 0.269 e. The second kappa shape index (κ2) is 7.00. The number of benzene rings is 1. The molecule has 0 saturated carbocycles. The van der Waals surface area contributed by atoms with Gasteiger partial charge in [-0.15, -0.1) is 0 Å². The fourth-order valence-corrected chi connectivity index (χ4v) is 1.58. The summed E-state index contributed by atoms with van der Waals surface area (Å²) >= 11 is 0. The van der Waals surface area contributed by atoms with E-state index in [0.29, 0.717) is 5.56 Å². The lowest BCUT2D eigenvalue weighted by molar-refractivity contribution is -0.117. The van der Waals surface area contributed by atoms with Crippen LogP contribution in [0.4, 0.5) is 0 Å². The van der Waals surface area contributed by atoms with Crippen LogP contribution in [-0.2, 0) is 4.79 Å². The second-order valence-corrected chi connectivity index (χ2v) is 4.42. The molecular weight excluding hydrogens is 266 g/mol. The van der Waals surface area contributed by atoms with E-state index in [4.69, 9.17) is 0 Å². The third-order valence-electron chi connectivity index (χ3n) is 2.75. The highest BCUT2D eigenvalue weighted by Crippen LogP contribution is 2.04. The zero-order valence-corrected chi connectivity index (χ0v) is 11.5. The molecule has 106 valence electrons. The summed E-state index contributed by atoms with van der Waals surface area (Å²) in [6, 6.07) is 10.9. The molecule has 2 rings (SSSR count). The third kappa shape index (κ3) is 4.58. The number of nitrogens with one attached hydrogen (secondary N) is 2. The van der Waals surface area contributed by atoms with Gasteiger partial charge in [0.15, 0.2) is 0 Å². The molecule has 0 saturated heterocycles. The van der Waals surface area contributed by atoms with E-state index < -0.39 is 11.8 Å². The molecule has 0 aliphatic rings. The Morgan fingerprint density at radius 3 is 2.33 bits per heavy atom. The standard InChI is InChI=1S/C16H15N3O2/c1-12-2-4-13(5-3-12)6-7-15(20)18-19-16(21)14-8-10-17-11-9-14/h2-11H,1H3,(H,18,20)(H,19,21). The van der Waals surface area contributed by atoms with Crippen molar-refractivity contribution in [2.75, 3.05) is 0 Å². The predicted octanol–water partition coefficient (Wildman–Crippen LogP) is 1.86. The molecule has 0 radical (unpaired) electrons. The van der Waals surface area contributed by atoms with E-state index in [0.717, 1.165) is 11.1 Å². The molecular formula is C16H15N3O2. The highest BCUT2D eigenvalue weighted by molar-refractivity contribution is 5.97. The number of amides is 2. The normalized spacial score (nSPS) is 10.3. The summed E-state index contributed by atoms with van der Waals surface area (Å²) in [7, 11) is 0. The number of hydrogen-bond donors (Lipinski definition) is 2. The van der Waals surface area contributed by atoms with Crippen molar-refractivity contribution >= 4 is 17.9 Å². The molecule has 2 aromatic rings. The van der Waals surface area contributed by atoms with Gasteiger partial charge >= 0.3 is 0 Å². The van der Waals surface area contributed by atoms with E-state index in [9.17, 15) is 9.59 Å². The Morgan fingerprint density at radius 2 is 1.67 bits per heavy atom. The van der Waals surface area contributed by atoms with Crippen molar-refractivity contribution in [1.29, 1.82) is 0 Å². The van der Waals surface area contributed by atoms with Crippen molar-refractivity contribution in [1.82, 2.24) is 15.8 Å². The second-order valence-electron chi connectivity index (χ2n) is 4.42. The monoisotopic (exact) mass is 281 g/mol. The molecule has 0 fully saturated rings. The average Bonchev–Trinajstić information content (AvgIpc) is 2.53. The fourth-order valence-electron chi connectivity index (χ4n) is 1.58. The van der Waals surface area contributed by atoms with Crippen molar-refractivity contribution in [3.05, 3.63) is 71.6 Å². The first-order chi connectivity index (χ1) is 10.1. The van der Waals surface area contributed by atoms with Crippen LogP contribution in [0.1, 0.15) is 21.5 Å². The zero-order valence-electron chi connectivity index (χ0n) is 11.5. The molecule has 0 aliphatic heterocycles. The van der Waals surface area contributed by atoms with Crippen molar-refractivity contribution in [2.45, 2.75) is 6.92 Å². The van der Waals surface area contributed by atoms with Crippen LogP contribution in [0, 0.1) is 6.92 Å². The minimum Gasteiger partial charge on any atom is -0.268 e. The Morgan fingerprint density at radius 1 is 1.00 bits per heavy atom. The number of aromatic nitrogens is 1. The molecule has 21 heavy (non-hydrogen) atoms. The van der Waals surface area contributed by atoms with Gasteiger partial charge in [-0.3, -0.25) is 25.4 Å². The number of carbonyl (C=O) groups is 2. The summed E-state index contributed by atoms with van der Waals surface area (Å²) in [6.07, 6.45) is 6.05. The largest absolute Gasteiger partial charge is 0.269 e. The summed E-state index contributed by atoms with van der Waals surface area (Å²) in [5, 5.41) is 0. The van der Waals surface area contributed by atoms with Gasteiger partial charge in [-0.1, -0.05) is 29.8 Å². The van der Waals surface area contributed by atoms with E-state index in [-0.39, 0.29) is 0 Å². The number of aryl methyl sites for hydroxylation is 1. The molecule has 0 atom stereocenters. The number of hydrazine groups is 1. The topological polar surface area (TPSA) is 71.1 Å². The molecule has 0 bridgehead atoms. The Hall–Kier alpha value is -2.95. The van der Waals surface area contributed by atoms with Gasteiger partial charge in [-0.25, -0.2) is 0 Å². The molecule has 0 aliphatic carbocycles. The van der Waals surface area contributed by atoms with Gasteiger partial charge in [-0.05, 0) is 30.7 Å². The van der Waals surface area contributed by atoms with Crippen molar-refractivity contribution in [3.8, 4) is 0 Å². The third-order valence-corrected chi connectivity index (χ3v) is 2.75. The summed E-state index contributed by atoms with van der Waals surface area (Å²) in [5.41, 5.74) is 7.13. The van der Waals surface area contributed by atoms with Crippen LogP contribution in [0.3, 0.4) is 0 Å². The van der Waals surface area contributed by atoms with Crippen LogP contribution in [0.25, 0.3) is 6.08 Å². The first kappa shape index (κ1) is 14.5. The fraction of sp³-hybridized carbons (Fsp3) is 0.0625. The zero-order chi connectivity index (χ0) is 15.1. The van der Waals surface area contributed by atoms with Crippen LogP contribution >= 0.6 is 0 Å². The maximum absolute atomic E-state index is 11.7. The highest BCUT2D eigenvalue weighted by Gasteiger charge is 2.04. The summed E-state index contributed by atoms with van der Waals surface area (Å²) in [5.74, 6) is -0.799. The van der Waals surface area contributed by atoms with E-state index in [1.165, 1.54) is 18.5 Å². The molecule has 1 heterocycles. The van der Waals surface area contributed by atoms with E-state index >= 15 is 0 Å². The number of hydrogen-bond acceptors (Lipinski definition) is 3. The van der Waals surface area contributed by atoms with Crippen molar-refractivity contribution < 1.29 is 9.59 Å². The van der Waals surface area contributed by atoms with Gasteiger partial charge in [-0.2, -0.15) is 0 Å². The van der Waals surface area contributed by atoms with Gasteiger partial charge in [0, 0.05) is 24.0 Å². The first-order valence-electron chi connectivity index (χ1n) is 6.40. The van der Waals surface area contributed by atoms with E-state index in [1.807, 2.05) is 31.2 Å². The van der Waals surface area contributed by atoms with Crippen LogP contribution in [0.5, 0.6) is 0 Å². The highest BCUT2D eigenvalue weighted by atomic mass is 16.2. The maximum atomic E-state index is 11.7. The molecule has 1 aromatic heterocycles. The van der Waals surface area contributed by atoms with Crippen LogP contribution in [0.15, 0.2) is 54.9 Å². The van der Waals surface area contributed by atoms with E-state index in [2.05, 4.69) is 15.8 Å². The molecule has 5 heteroatoms. The average molecular weight is 281 g/mol. The molecule has 1 aromatic carbocycles. The van der Waals surface area contributed by atoms with Gasteiger partial charge in [0.1, 0.15) is 0 Å². The number of pyridine rings is 1. The number of rotatable bonds is 3. The lowest BCUT2D eigenvalue weighted by atomic mass is 10.1. The summed E-state index contributed by atoms with van der Waals surface area (Å²) in [4.78, 5) is 27.1. The smallest absolute Gasteiger partial charge is 0.268 e. The summed E-state index contributed by atoms with van der Waals surface area (Å²) in [6.45, 7) is 1.99. The van der Waals surface area contributed by atoms with Crippen LogP contribution in [0.2, 0.25) is 0 Å². The van der Waals surface area contributed by atoms with Gasteiger partial charge < -0.3 is 0 Å². The van der Waals surface area contributed by atoms with Crippen molar-refractivity contribution in [2.24, 2.45) is 0 Å². The van der Waals surface area contributed by atoms with Gasteiger partial charge in [0.25, 0.3) is 11.8 Å². The predicted molar refractivity (Wildman–Crippen MR) is 80.1 cm³/mol. The molecule has 0 unspecified atom stereocenters. The molecule has 5 nitrogen and oxygen atoms in total.